The molecule has 1 N–H and O–H groups in total. The summed E-state index contributed by atoms with van der Waals surface area (Å²) in [7, 11) is 1.65. The lowest BCUT2D eigenvalue weighted by Crippen LogP contribution is -2.12. The maximum absolute atomic E-state index is 5.46. The zero-order valence-electron chi connectivity index (χ0n) is 10.1. The number of hydrogen-bond acceptors (Lipinski definition) is 4. The fourth-order valence-corrected chi connectivity index (χ4v) is 1.69. The van der Waals surface area contributed by atoms with Crippen LogP contribution < -0.4 is 10.1 Å². The van der Waals surface area contributed by atoms with E-state index in [1.165, 1.54) is 6.39 Å². The Hall–Kier alpha value is -1.81. The van der Waals surface area contributed by atoms with Crippen molar-refractivity contribution >= 4 is 0 Å². The van der Waals surface area contributed by atoms with Gasteiger partial charge >= 0.3 is 0 Å². The van der Waals surface area contributed by atoms with Gasteiger partial charge in [-0.25, -0.2) is 4.98 Å². The van der Waals surface area contributed by atoms with E-state index in [4.69, 9.17) is 9.15 Å². The first kappa shape index (κ1) is 11.7. The minimum absolute atomic E-state index is 0.695. The highest BCUT2D eigenvalue weighted by Gasteiger charge is 2.14. The molecule has 0 saturated heterocycles. The van der Waals surface area contributed by atoms with Gasteiger partial charge in [0.05, 0.1) is 12.7 Å². The molecule has 0 aliphatic heterocycles. The van der Waals surface area contributed by atoms with Crippen molar-refractivity contribution < 1.29 is 9.15 Å². The second kappa shape index (κ2) is 5.50. The molecule has 0 amide bonds. The van der Waals surface area contributed by atoms with Gasteiger partial charge in [0.1, 0.15) is 11.4 Å². The molecule has 2 rings (SSSR count). The number of rotatable bonds is 5. The van der Waals surface area contributed by atoms with Gasteiger partial charge in [-0.05, 0) is 18.7 Å². The first-order chi connectivity index (χ1) is 8.36. The Bertz CT molecular complexity index is 480. The fraction of sp³-hybridized carbons (Fsp3) is 0.308. The van der Waals surface area contributed by atoms with Crippen molar-refractivity contribution in [1.82, 2.24) is 10.3 Å². The summed E-state index contributed by atoms with van der Waals surface area (Å²) in [5.41, 5.74) is 1.83. The summed E-state index contributed by atoms with van der Waals surface area (Å²) in [5, 5.41) is 3.23. The van der Waals surface area contributed by atoms with E-state index >= 15 is 0 Å². The van der Waals surface area contributed by atoms with Gasteiger partial charge in [-0.3, -0.25) is 0 Å². The molecular formula is C13H16N2O2. The summed E-state index contributed by atoms with van der Waals surface area (Å²) in [5.74, 6) is 1.56. The predicted octanol–water partition coefficient (Wildman–Crippen LogP) is 2.46. The highest BCUT2D eigenvalue weighted by molar-refractivity contribution is 5.67. The fourth-order valence-electron chi connectivity index (χ4n) is 1.69. The van der Waals surface area contributed by atoms with Gasteiger partial charge in [0.2, 0.25) is 0 Å². The standard InChI is InChI=1S/C13H16N2O2/c1-3-14-8-11-13(17-9-15-11)10-6-4-5-7-12(10)16-2/h4-7,9,14H,3,8H2,1-2H3. The van der Waals surface area contributed by atoms with Crippen LogP contribution in [0.4, 0.5) is 0 Å². The highest BCUT2D eigenvalue weighted by atomic mass is 16.5. The van der Waals surface area contributed by atoms with Crippen molar-refractivity contribution in [3.8, 4) is 17.1 Å². The van der Waals surface area contributed by atoms with E-state index in [1.807, 2.05) is 24.3 Å². The molecule has 0 radical (unpaired) electrons. The van der Waals surface area contributed by atoms with Crippen molar-refractivity contribution in [3.05, 3.63) is 36.4 Å². The van der Waals surface area contributed by atoms with Gasteiger partial charge in [-0.2, -0.15) is 0 Å². The molecule has 1 aromatic carbocycles. The zero-order chi connectivity index (χ0) is 12.1. The van der Waals surface area contributed by atoms with Crippen molar-refractivity contribution in [2.45, 2.75) is 13.5 Å². The average Bonchev–Trinajstić information content (AvgIpc) is 2.84. The number of ether oxygens (including phenoxy) is 1. The van der Waals surface area contributed by atoms with Crippen molar-refractivity contribution in [2.24, 2.45) is 0 Å². The van der Waals surface area contributed by atoms with Crippen LogP contribution in [-0.4, -0.2) is 18.6 Å². The summed E-state index contributed by atoms with van der Waals surface area (Å²) in [6, 6.07) is 7.77. The number of nitrogens with zero attached hydrogens (tertiary/aromatic N) is 1. The van der Waals surface area contributed by atoms with Crippen molar-refractivity contribution in [2.75, 3.05) is 13.7 Å². The minimum atomic E-state index is 0.695. The van der Waals surface area contributed by atoms with Gasteiger partial charge in [-0.15, -0.1) is 0 Å². The van der Waals surface area contributed by atoms with Crippen LogP contribution in [0, 0.1) is 0 Å². The van der Waals surface area contributed by atoms with Crippen LogP contribution in [0.3, 0.4) is 0 Å². The summed E-state index contributed by atoms with van der Waals surface area (Å²) in [6.07, 6.45) is 1.47. The van der Waals surface area contributed by atoms with E-state index in [2.05, 4.69) is 17.2 Å². The predicted molar refractivity (Wildman–Crippen MR) is 65.9 cm³/mol. The summed E-state index contributed by atoms with van der Waals surface area (Å²) >= 11 is 0. The third kappa shape index (κ3) is 2.47. The maximum atomic E-state index is 5.46. The third-order valence-electron chi connectivity index (χ3n) is 2.54. The van der Waals surface area contributed by atoms with Crippen LogP contribution >= 0.6 is 0 Å². The smallest absolute Gasteiger partial charge is 0.181 e. The van der Waals surface area contributed by atoms with Crippen LogP contribution in [0.15, 0.2) is 35.1 Å². The Balaban J connectivity index is 2.35. The normalized spacial score (nSPS) is 10.5. The quantitative estimate of drug-likeness (QED) is 0.860. The maximum Gasteiger partial charge on any atom is 0.181 e. The largest absolute Gasteiger partial charge is 0.496 e. The van der Waals surface area contributed by atoms with Crippen LogP contribution in [0.1, 0.15) is 12.6 Å². The van der Waals surface area contributed by atoms with Crippen LogP contribution in [0.25, 0.3) is 11.3 Å². The third-order valence-corrected chi connectivity index (χ3v) is 2.54. The van der Waals surface area contributed by atoms with Crippen LogP contribution in [-0.2, 0) is 6.54 Å². The number of methoxy groups -OCH3 is 1. The number of oxazole rings is 1. The molecule has 90 valence electrons. The molecule has 1 aromatic heterocycles. The second-order valence-electron chi connectivity index (χ2n) is 3.61. The molecule has 0 aliphatic rings. The van der Waals surface area contributed by atoms with Crippen LogP contribution in [0.2, 0.25) is 0 Å². The molecule has 0 fully saturated rings. The summed E-state index contributed by atoms with van der Waals surface area (Å²) < 4.78 is 10.8. The lowest BCUT2D eigenvalue weighted by atomic mass is 10.1. The molecule has 0 unspecified atom stereocenters. The summed E-state index contributed by atoms with van der Waals surface area (Å²) in [6.45, 7) is 3.65. The topological polar surface area (TPSA) is 47.3 Å². The van der Waals surface area contributed by atoms with Gasteiger partial charge in [0.25, 0.3) is 0 Å². The number of aromatic nitrogens is 1. The molecule has 0 atom stereocenters. The Kier molecular flexibility index (Phi) is 3.77. The molecule has 0 aliphatic carbocycles. The van der Waals surface area contributed by atoms with Crippen molar-refractivity contribution in [1.29, 1.82) is 0 Å². The first-order valence-corrected chi connectivity index (χ1v) is 5.63. The molecule has 0 saturated carbocycles. The van der Waals surface area contributed by atoms with Crippen LogP contribution in [0.5, 0.6) is 5.75 Å². The lowest BCUT2D eigenvalue weighted by molar-refractivity contribution is 0.414. The van der Waals surface area contributed by atoms with E-state index in [0.29, 0.717) is 6.54 Å². The Morgan fingerprint density at radius 3 is 2.94 bits per heavy atom. The molecule has 1 heterocycles. The lowest BCUT2D eigenvalue weighted by Gasteiger charge is -2.07. The van der Waals surface area contributed by atoms with E-state index in [1.54, 1.807) is 7.11 Å². The van der Waals surface area contributed by atoms with Gasteiger partial charge in [0.15, 0.2) is 12.2 Å². The molecule has 4 nitrogen and oxygen atoms in total. The van der Waals surface area contributed by atoms with E-state index in [9.17, 15) is 0 Å². The Labute approximate surface area is 101 Å². The molecular weight excluding hydrogens is 216 g/mol. The Morgan fingerprint density at radius 1 is 1.35 bits per heavy atom. The van der Waals surface area contributed by atoms with E-state index in [-0.39, 0.29) is 0 Å². The number of hydrogen-bond donors (Lipinski definition) is 1. The number of para-hydroxylation sites is 1. The zero-order valence-corrected chi connectivity index (χ0v) is 10.1. The van der Waals surface area contributed by atoms with Gasteiger partial charge < -0.3 is 14.5 Å². The monoisotopic (exact) mass is 232 g/mol. The summed E-state index contributed by atoms with van der Waals surface area (Å²) in [4.78, 5) is 4.22. The highest BCUT2D eigenvalue weighted by Crippen LogP contribution is 2.31. The number of benzene rings is 1. The van der Waals surface area contributed by atoms with E-state index < -0.39 is 0 Å². The number of nitrogens with one attached hydrogen (secondary N) is 1. The molecule has 4 heteroatoms. The second-order valence-corrected chi connectivity index (χ2v) is 3.61. The SMILES string of the molecule is CCNCc1ncoc1-c1ccccc1OC. The minimum Gasteiger partial charge on any atom is -0.496 e. The van der Waals surface area contributed by atoms with Gasteiger partial charge in [0, 0.05) is 6.54 Å². The Morgan fingerprint density at radius 2 is 2.18 bits per heavy atom. The first-order valence-electron chi connectivity index (χ1n) is 5.63. The molecule has 0 bridgehead atoms. The van der Waals surface area contributed by atoms with Crippen molar-refractivity contribution in [3.63, 3.8) is 0 Å². The molecule has 17 heavy (non-hydrogen) atoms. The van der Waals surface area contributed by atoms with E-state index in [0.717, 1.165) is 29.3 Å². The molecule has 2 aromatic rings. The average molecular weight is 232 g/mol. The molecule has 0 spiro atoms. The van der Waals surface area contributed by atoms with Gasteiger partial charge in [-0.1, -0.05) is 19.1 Å².